The number of methoxy groups -OCH3 is 1. The summed E-state index contributed by atoms with van der Waals surface area (Å²) in [7, 11) is 1.62. The molecule has 4 saturated carbocycles. The summed E-state index contributed by atoms with van der Waals surface area (Å²) in [6, 6.07) is 7.10. The van der Waals surface area contributed by atoms with Crippen molar-refractivity contribution in [1.29, 1.82) is 0 Å². The summed E-state index contributed by atoms with van der Waals surface area (Å²) < 4.78 is 5.24. The summed E-state index contributed by atoms with van der Waals surface area (Å²) >= 11 is 6.36. The van der Waals surface area contributed by atoms with E-state index in [1.807, 2.05) is 24.3 Å². The second kappa shape index (κ2) is 11.0. The van der Waals surface area contributed by atoms with Crippen LogP contribution in [0.3, 0.4) is 0 Å². The van der Waals surface area contributed by atoms with E-state index in [2.05, 4.69) is 26.2 Å². The quantitative estimate of drug-likeness (QED) is 0.278. The molecule has 0 unspecified atom stereocenters. The van der Waals surface area contributed by atoms with Gasteiger partial charge >= 0.3 is 0 Å². The zero-order valence-corrected chi connectivity index (χ0v) is 26.0. The Kier molecular flexibility index (Phi) is 7.89. The van der Waals surface area contributed by atoms with Crippen molar-refractivity contribution < 1.29 is 19.4 Å². The first-order valence-corrected chi connectivity index (χ1v) is 16.6. The van der Waals surface area contributed by atoms with Gasteiger partial charge in [0.15, 0.2) is 0 Å². The number of ether oxygens (including phenoxy) is 1. The third-order valence-electron chi connectivity index (χ3n) is 13.0. The third-order valence-corrected chi connectivity index (χ3v) is 13.4. The molecule has 0 bridgehead atoms. The Balaban J connectivity index is 1.05. The van der Waals surface area contributed by atoms with Gasteiger partial charge in [-0.1, -0.05) is 32.9 Å². The van der Waals surface area contributed by atoms with Crippen molar-refractivity contribution in [2.45, 2.75) is 109 Å². The zero-order chi connectivity index (χ0) is 29.1. The number of nitrogens with zero attached hydrogens (tertiary/aromatic N) is 1. The van der Waals surface area contributed by atoms with E-state index in [1.165, 1.54) is 50.0 Å². The molecule has 11 atom stereocenters. The summed E-state index contributed by atoms with van der Waals surface area (Å²) in [4.78, 5) is 25.6. The highest BCUT2D eigenvalue weighted by Gasteiger charge is 2.60. The molecule has 41 heavy (non-hydrogen) atoms. The minimum Gasteiger partial charge on any atom is -0.497 e. The number of fused-ring (bicyclic) bond motifs is 5. The number of aliphatic hydroxyl groups excluding tert-OH is 1. The first-order chi connectivity index (χ1) is 19.6. The molecule has 6 rings (SSSR count). The second-order valence-electron chi connectivity index (χ2n) is 14.7. The molecule has 6 nitrogen and oxygen atoms in total. The molecule has 1 saturated heterocycles. The number of amides is 2. The van der Waals surface area contributed by atoms with Crippen LogP contribution < -0.4 is 10.2 Å². The molecule has 226 valence electrons. The van der Waals surface area contributed by atoms with Crippen LogP contribution in [-0.4, -0.2) is 40.5 Å². The van der Waals surface area contributed by atoms with E-state index in [0.717, 1.165) is 48.3 Å². The van der Waals surface area contributed by atoms with E-state index in [-0.39, 0.29) is 24.0 Å². The Labute approximate surface area is 250 Å². The summed E-state index contributed by atoms with van der Waals surface area (Å²) in [5.74, 6) is 4.60. The van der Waals surface area contributed by atoms with Gasteiger partial charge in [-0.25, -0.2) is 5.01 Å². The average Bonchev–Trinajstić information content (AvgIpc) is 3.33. The molecule has 2 N–H and O–H groups in total. The largest absolute Gasteiger partial charge is 0.497 e. The lowest BCUT2D eigenvalue weighted by molar-refractivity contribution is -0.156. The van der Waals surface area contributed by atoms with Crippen molar-refractivity contribution in [3.63, 3.8) is 0 Å². The van der Waals surface area contributed by atoms with Crippen LogP contribution in [0.2, 0.25) is 0 Å². The average molecular weight is 585 g/mol. The number of benzene rings is 1. The van der Waals surface area contributed by atoms with Crippen molar-refractivity contribution in [3.05, 3.63) is 29.8 Å². The molecular formula is C34H49ClN2O4. The fourth-order valence-corrected chi connectivity index (χ4v) is 11.0. The molecule has 2 amide bonds. The number of aliphatic hydroxyl groups is 1. The number of rotatable bonds is 7. The summed E-state index contributed by atoms with van der Waals surface area (Å²) in [6.45, 7) is 7.48. The number of nitrogens with one attached hydrogen (secondary N) is 1. The van der Waals surface area contributed by atoms with Crippen LogP contribution in [0.4, 0.5) is 0 Å². The molecular weight excluding hydrogens is 536 g/mol. The Hall–Kier alpha value is -1.79. The first-order valence-electron chi connectivity index (χ1n) is 16.2. The highest BCUT2D eigenvalue weighted by molar-refractivity contribution is 6.33. The maximum absolute atomic E-state index is 13.1. The predicted molar refractivity (Wildman–Crippen MR) is 160 cm³/mol. The fraction of sp³-hybridized carbons (Fsp3) is 0.765. The number of carbonyl (C=O) groups is 2. The van der Waals surface area contributed by atoms with Crippen molar-refractivity contribution in [2.24, 2.45) is 46.3 Å². The fourth-order valence-electron chi connectivity index (χ4n) is 10.7. The second-order valence-corrected chi connectivity index (χ2v) is 15.2. The molecule has 5 aliphatic rings. The molecule has 1 aliphatic heterocycles. The van der Waals surface area contributed by atoms with Crippen LogP contribution in [-0.2, 0) is 9.59 Å². The maximum Gasteiger partial charge on any atom is 0.262 e. The summed E-state index contributed by atoms with van der Waals surface area (Å²) in [5.41, 5.74) is 4.51. The van der Waals surface area contributed by atoms with Gasteiger partial charge in [-0.15, -0.1) is 11.6 Å². The smallest absolute Gasteiger partial charge is 0.262 e. The number of hydrazine groups is 1. The van der Waals surface area contributed by atoms with Gasteiger partial charge in [-0.05, 0) is 128 Å². The van der Waals surface area contributed by atoms with Gasteiger partial charge in [-0.3, -0.25) is 15.0 Å². The summed E-state index contributed by atoms with van der Waals surface area (Å²) in [6.07, 6.45) is 12.2. The highest BCUT2D eigenvalue weighted by atomic mass is 35.5. The van der Waals surface area contributed by atoms with E-state index in [0.29, 0.717) is 35.0 Å². The Morgan fingerprint density at radius 2 is 1.78 bits per heavy atom. The van der Waals surface area contributed by atoms with Crippen LogP contribution in [0, 0.1) is 46.3 Å². The number of alkyl halides is 1. The SMILES string of the molecule is COc1ccc([C@@H]2[C@@H](Cl)C(=O)N2NC(=O)CC[C@@H](C)[C@H]2CC[C@H]3[C@@H]4CC[C@@H]5C[C@H](O)CC[C@]5(C)[C@H]4CC[C@]23C)cc1. The topological polar surface area (TPSA) is 78.9 Å². The lowest BCUT2D eigenvalue weighted by Crippen LogP contribution is -2.63. The van der Waals surface area contributed by atoms with Crippen molar-refractivity contribution >= 4 is 23.4 Å². The molecule has 1 aromatic carbocycles. The molecule has 0 spiro atoms. The van der Waals surface area contributed by atoms with E-state index in [1.54, 1.807) is 7.11 Å². The van der Waals surface area contributed by atoms with E-state index < -0.39 is 5.38 Å². The van der Waals surface area contributed by atoms with Crippen LogP contribution in [0.25, 0.3) is 0 Å². The molecule has 1 heterocycles. The zero-order valence-electron chi connectivity index (χ0n) is 25.3. The molecule has 7 heteroatoms. The van der Waals surface area contributed by atoms with Crippen LogP contribution in [0.5, 0.6) is 5.75 Å². The number of halogens is 1. The monoisotopic (exact) mass is 584 g/mol. The molecule has 0 aromatic heterocycles. The van der Waals surface area contributed by atoms with Gasteiger partial charge in [0.2, 0.25) is 5.91 Å². The number of hydrogen-bond donors (Lipinski definition) is 2. The number of β-lactam (4-membered cyclic amide) rings is 1. The lowest BCUT2D eigenvalue weighted by Gasteiger charge is -2.61. The van der Waals surface area contributed by atoms with Gasteiger partial charge < -0.3 is 9.84 Å². The van der Waals surface area contributed by atoms with Gasteiger partial charge in [0.25, 0.3) is 5.91 Å². The Bertz CT molecular complexity index is 1140. The van der Waals surface area contributed by atoms with Crippen LogP contribution in [0.15, 0.2) is 24.3 Å². The molecule has 4 aliphatic carbocycles. The van der Waals surface area contributed by atoms with Crippen molar-refractivity contribution in [1.82, 2.24) is 10.4 Å². The third kappa shape index (κ3) is 4.89. The standard InChI is InChI=1S/C34H49ClN2O4/c1-20(5-14-29(39)36-37-31(30(35)32(37)40)21-6-9-24(41-4)10-7-21)26-12-13-27-25-11-8-22-19-23(38)15-17-33(22,2)28(25)16-18-34(26,27)3/h6-7,9-10,20,22-23,25-28,30-31,38H,5,8,11-19H2,1-4H3,(H,36,39)/t20-,22-,23-,25+,26-,27+,28+,30-,31-,33+,34-/m1/s1. The number of carbonyl (C=O) groups excluding carboxylic acids is 2. The predicted octanol–water partition coefficient (Wildman–Crippen LogP) is 6.65. The van der Waals surface area contributed by atoms with Gasteiger partial charge in [-0.2, -0.15) is 0 Å². The van der Waals surface area contributed by atoms with E-state index in [9.17, 15) is 14.7 Å². The Morgan fingerprint density at radius 3 is 2.51 bits per heavy atom. The number of hydrogen-bond acceptors (Lipinski definition) is 4. The summed E-state index contributed by atoms with van der Waals surface area (Å²) in [5, 5.41) is 11.1. The van der Waals surface area contributed by atoms with Crippen LogP contribution >= 0.6 is 11.6 Å². The van der Waals surface area contributed by atoms with Gasteiger partial charge in [0, 0.05) is 6.42 Å². The van der Waals surface area contributed by atoms with E-state index in [4.69, 9.17) is 16.3 Å². The van der Waals surface area contributed by atoms with Gasteiger partial charge in [0.05, 0.1) is 13.2 Å². The van der Waals surface area contributed by atoms with Gasteiger partial charge in [0.1, 0.15) is 17.2 Å². The van der Waals surface area contributed by atoms with Crippen molar-refractivity contribution in [3.8, 4) is 5.75 Å². The van der Waals surface area contributed by atoms with Crippen LogP contribution in [0.1, 0.15) is 103 Å². The lowest BCUT2D eigenvalue weighted by atomic mass is 9.44. The first kappa shape index (κ1) is 29.3. The molecule has 5 fully saturated rings. The molecule has 0 radical (unpaired) electrons. The minimum atomic E-state index is -0.677. The Morgan fingerprint density at radius 1 is 1.07 bits per heavy atom. The highest BCUT2D eigenvalue weighted by Crippen LogP contribution is 2.68. The minimum absolute atomic E-state index is 0.0868. The normalized spacial score (nSPS) is 42.4. The van der Waals surface area contributed by atoms with E-state index >= 15 is 0 Å². The maximum atomic E-state index is 13.1. The molecule has 1 aromatic rings. The van der Waals surface area contributed by atoms with Crippen molar-refractivity contribution in [2.75, 3.05) is 7.11 Å².